The summed E-state index contributed by atoms with van der Waals surface area (Å²) >= 11 is 0. The van der Waals surface area contributed by atoms with E-state index in [0.29, 0.717) is 12.5 Å². The van der Waals surface area contributed by atoms with Gasteiger partial charge in [-0.1, -0.05) is 19.3 Å². The molecule has 0 radical (unpaired) electrons. The first-order valence-electron chi connectivity index (χ1n) is 9.12. The zero-order valence-corrected chi connectivity index (χ0v) is 14.1. The number of H-pyrrole nitrogens is 1. The van der Waals surface area contributed by atoms with Crippen LogP contribution >= 0.6 is 0 Å². The second-order valence-corrected chi connectivity index (χ2v) is 7.54. The van der Waals surface area contributed by atoms with Crippen molar-refractivity contribution in [2.24, 2.45) is 5.92 Å². The summed E-state index contributed by atoms with van der Waals surface area (Å²) in [5, 5.41) is 0. The molecule has 1 atom stereocenters. The number of imidazole rings is 1. The molecule has 126 valence electrons. The molecule has 1 aromatic rings. The standard InChI is InChI=1S/C18H27N3O2/c1-13-19-15-6-5-14(11-16(15)20-13)17(22)21-9-10-23-18(12-21)7-3-2-4-8-18/h14H,2-12H2,1H3,(H,19,20)/t14-/m1/s1. The highest BCUT2D eigenvalue weighted by Crippen LogP contribution is 2.35. The molecule has 1 amide bonds. The van der Waals surface area contributed by atoms with Crippen molar-refractivity contribution in [1.82, 2.24) is 14.9 Å². The van der Waals surface area contributed by atoms with Crippen molar-refractivity contribution in [3.05, 3.63) is 17.2 Å². The Balaban J connectivity index is 1.44. The smallest absolute Gasteiger partial charge is 0.226 e. The summed E-state index contributed by atoms with van der Waals surface area (Å²) in [4.78, 5) is 23.0. The van der Waals surface area contributed by atoms with E-state index in [1.165, 1.54) is 25.0 Å². The first kappa shape index (κ1) is 15.2. The first-order valence-corrected chi connectivity index (χ1v) is 9.12. The molecule has 5 heteroatoms. The van der Waals surface area contributed by atoms with E-state index in [2.05, 4.69) is 14.9 Å². The van der Waals surface area contributed by atoms with Crippen LogP contribution in [0.5, 0.6) is 0 Å². The van der Waals surface area contributed by atoms with Crippen LogP contribution in [-0.2, 0) is 22.4 Å². The summed E-state index contributed by atoms with van der Waals surface area (Å²) in [5.74, 6) is 1.41. The molecule has 1 saturated heterocycles. The summed E-state index contributed by atoms with van der Waals surface area (Å²) in [6, 6.07) is 0. The molecule has 0 unspecified atom stereocenters. The van der Waals surface area contributed by atoms with E-state index in [0.717, 1.165) is 56.7 Å². The number of amides is 1. The molecule has 0 aromatic carbocycles. The first-order chi connectivity index (χ1) is 11.2. The number of nitrogens with one attached hydrogen (secondary N) is 1. The topological polar surface area (TPSA) is 58.2 Å². The fourth-order valence-electron chi connectivity index (χ4n) is 4.62. The van der Waals surface area contributed by atoms with Crippen LogP contribution in [0.4, 0.5) is 0 Å². The number of carbonyl (C=O) groups is 1. The molecule has 2 aliphatic carbocycles. The highest BCUT2D eigenvalue weighted by molar-refractivity contribution is 5.79. The monoisotopic (exact) mass is 317 g/mol. The van der Waals surface area contributed by atoms with E-state index in [-0.39, 0.29) is 11.5 Å². The molecule has 3 aliphatic rings. The minimum absolute atomic E-state index is 0.0451. The Labute approximate surface area is 137 Å². The van der Waals surface area contributed by atoms with E-state index in [1.807, 2.05) is 6.92 Å². The maximum Gasteiger partial charge on any atom is 0.226 e. The number of aromatic nitrogens is 2. The Bertz CT molecular complexity index is 584. The lowest BCUT2D eigenvalue weighted by atomic mass is 9.82. The van der Waals surface area contributed by atoms with Crippen LogP contribution in [0.15, 0.2) is 0 Å². The Kier molecular flexibility index (Phi) is 3.92. The van der Waals surface area contributed by atoms with E-state index in [4.69, 9.17) is 4.74 Å². The Morgan fingerprint density at radius 3 is 3.00 bits per heavy atom. The summed E-state index contributed by atoms with van der Waals surface area (Å²) in [5.41, 5.74) is 2.29. The van der Waals surface area contributed by atoms with Gasteiger partial charge in [-0.3, -0.25) is 4.79 Å². The van der Waals surface area contributed by atoms with Crippen molar-refractivity contribution < 1.29 is 9.53 Å². The number of aromatic amines is 1. The van der Waals surface area contributed by atoms with Gasteiger partial charge >= 0.3 is 0 Å². The largest absolute Gasteiger partial charge is 0.371 e. The van der Waals surface area contributed by atoms with Gasteiger partial charge in [0.05, 0.1) is 17.9 Å². The highest BCUT2D eigenvalue weighted by Gasteiger charge is 2.41. The zero-order valence-electron chi connectivity index (χ0n) is 14.1. The van der Waals surface area contributed by atoms with Crippen LogP contribution in [-0.4, -0.2) is 46.1 Å². The molecule has 1 saturated carbocycles. The van der Waals surface area contributed by atoms with Gasteiger partial charge in [0.1, 0.15) is 5.82 Å². The second-order valence-electron chi connectivity index (χ2n) is 7.54. The van der Waals surface area contributed by atoms with Crippen molar-refractivity contribution in [2.75, 3.05) is 19.7 Å². The molecular formula is C18H27N3O2. The van der Waals surface area contributed by atoms with Gasteiger partial charge in [0.25, 0.3) is 0 Å². The Morgan fingerprint density at radius 2 is 2.17 bits per heavy atom. The Morgan fingerprint density at radius 1 is 1.35 bits per heavy atom. The number of carbonyl (C=O) groups excluding carboxylic acids is 1. The van der Waals surface area contributed by atoms with Crippen molar-refractivity contribution in [3.63, 3.8) is 0 Å². The van der Waals surface area contributed by atoms with Gasteiger partial charge in [-0.05, 0) is 32.6 Å². The molecule has 1 aromatic heterocycles. The van der Waals surface area contributed by atoms with Gasteiger partial charge in [-0.25, -0.2) is 4.98 Å². The minimum Gasteiger partial charge on any atom is -0.371 e. The van der Waals surface area contributed by atoms with Gasteiger partial charge in [0.15, 0.2) is 0 Å². The summed E-state index contributed by atoms with van der Waals surface area (Å²) in [7, 11) is 0. The summed E-state index contributed by atoms with van der Waals surface area (Å²) in [6.07, 6.45) is 8.69. The van der Waals surface area contributed by atoms with E-state index in [9.17, 15) is 4.79 Å². The summed E-state index contributed by atoms with van der Waals surface area (Å²) < 4.78 is 6.12. The lowest BCUT2D eigenvalue weighted by Gasteiger charge is -2.45. The number of ether oxygens (including phenoxy) is 1. The molecule has 1 N–H and O–H groups in total. The molecule has 4 rings (SSSR count). The minimum atomic E-state index is -0.0451. The molecule has 23 heavy (non-hydrogen) atoms. The van der Waals surface area contributed by atoms with Crippen molar-refractivity contribution in [3.8, 4) is 0 Å². The van der Waals surface area contributed by atoms with Gasteiger partial charge in [-0.15, -0.1) is 0 Å². The van der Waals surface area contributed by atoms with Crippen LogP contribution in [0.1, 0.15) is 55.7 Å². The van der Waals surface area contributed by atoms with E-state index in [1.54, 1.807) is 0 Å². The number of rotatable bonds is 1. The third kappa shape index (κ3) is 2.91. The lowest BCUT2D eigenvalue weighted by Crippen LogP contribution is -2.55. The van der Waals surface area contributed by atoms with Crippen LogP contribution in [0.25, 0.3) is 0 Å². The predicted octanol–water partition coefficient (Wildman–Crippen LogP) is 2.38. The van der Waals surface area contributed by atoms with Crippen LogP contribution in [0.3, 0.4) is 0 Å². The third-order valence-corrected chi connectivity index (χ3v) is 5.84. The number of hydrogen-bond acceptors (Lipinski definition) is 3. The number of aryl methyl sites for hydroxylation is 2. The van der Waals surface area contributed by atoms with Gasteiger partial charge in [0.2, 0.25) is 5.91 Å². The predicted molar refractivity (Wildman–Crippen MR) is 87.2 cm³/mol. The molecule has 1 spiro atoms. The maximum absolute atomic E-state index is 13.0. The lowest BCUT2D eigenvalue weighted by molar-refractivity contribution is -0.160. The number of fused-ring (bicyclic) bond motifs is 1. The average molecular weight is 317 g/mol. The average Bonchev–Trinajstić information content (AvgIpc) is 2.94. The molecule has 2 fully saturated rings. The van der Waals surface area contributed by atoms with Gasteiger partial charge < -0.3 is 14.6 Å². The molecule has 1 aliphatic heterocycles. The van der Waals surface area contributed by atoms with Crippen LogP contribution in [0.2, 0.25) is 0 Å². The van der Waals surface area contributed by atoms with Crippen LogP contribution in [0, 0.1) is 12.8 Å². The SMILES string of the molecule is Cc1nc2c([nH]1)C[C@H](C(=O)N1CCOC3(CCCCC3)C1)CC2. The molecule has 5 nitrogen and oxygen atoms in total. The Hall–Kier alpha value is -1.36. The van der Waals surface area contributed by atoms with Gasteiger partial charge in [-0.2, -0.15) is 0 Å². The van der Waals surface area contributed by atoms with Crippen molar-refractivity contribution >= 4 is 5.91 Å². The third-order valence-electron chi connectivity index (χ3n) is 5.84. The van der Waals surface area contributed by atoms with Gasteiger partial charge in [0, 0.05) is 31.1 Å². The van der Waals surface area contributed by atoms with E-state index < -0.39 is 0 Å². The fourth-order valence-corrected chi connectivity index (χ4v) is 4.62. The van der Waals surface area contributed by atoms with E-state index >= 15 is 0 Å². The van der Waals surface area contributed by atoms with Crippen molar-refractivity contribution in [1.29, 1.82) is 0 Å². The normalized spacial score (nSPS) is 27.0. The number of nitrogens with zero attached hydrogens (tertiary/aromatic N) is 2. The van der Waals surface area contributed by atoms with Crippen LogP contribution < -0.4 is 0 Å². The number of hydrogen-bond donors (Lipinski definition) is 1. The molecular weight excluding hydrogens is 290 g/mol. The number of morpholine rings is 1. The maximum atomic E-state index is 13.0. The second kappa shape index (κ2) is 5.93. The molecule has 0 bridgehead atoms. The summed E-state index contributed by atoms with van der Waals surface area (Å²) in [6.45, 7) is 4.25. The van der Waals surface area contributed by atoms with Crippen molar-refractivity contribution in [2.45, 2.75) is 63.9 Å². The fraction of sp³-hybridized carbons (Fsp3) is 0.778. The molecule has 2 heterocycles. The zero-order chi connectivity index (χ0) is 15.9. The highest BCUT2D eigenvalue weighted by atomic mass is 16.5. The quantitative estimate of drug-likeness (QED) is 0.865.